The fourth-order valence-corrected chi connectivity index (χ4v) is 0.437. The fraction of sp³-hybridized carbons (Fsp3) is 0. The third-order valence-electron chi connectivity index (χ3n) is 0.360. The van der Waals surface area contributed by atoms with Gasteiger partial charge in [0.2, 0.25) is 0 Å². The molecule has 49 valence electrons. The van der Waals surface area contributed by atoms with Crippen molar-refractivity contribution in [2.24, 2.45) is 0 Å². The van der Waals surface area contributed by atoms with Crippen LogP contribution in [0.1, 0.15) is 0 Å². The zero-order valence-electron chi connectivity index (χ0n) is 5.12. The SMILES string of the molecule is N#CNS(=O)(=O)NC#N.[Li]. The smallest absolute Gasteiger partial charge is 0.202 e. The van der Waals surface area contributed by atoms with E-state index in [2.05, 4.69) is 0 Å². The second kappa shape index (κ2) is 4.96. The van der Waals surface area contributed by atoms with Gasteiger partial charge in [0, 0.05) is 18.9 Å². The number of nitrogens with zero attached hydrogens (tertiary/aromatic N) is 2. The third-order valence-corrected chi connectivity index (χ3v) is 1.08. The van der Waals surface area contributed by atoms with Gasteiger partial charge in [0.1, 0.15) is 0 Å². The molecule has 0 fully saturated rings. The van der Waals surface area contributed by atoms with Crippen LogP contribution in [-0.4, -0.2) is 27.3 Å². The molecule has 0 spiro atoms. The molecule has 0 aromatic rings. The summed E-state index contributed by atoms with van der Waals surface area (Å²) in [5.74, 6) is 0. The van der Waals surface area contributed by atoms with E-state index >= 15 is 0 Å². The van der Waals surface area contributed by atoms with E-state index in [0.29, 0.717) is 0 Å². The van der Waals surface area contributed by atoms with Crippen LogP contribution >= 0.6 is 0 Å². The first-order valence-electron chi connectivity index (χ1n) is 1.69. The number of nitrogens with one attached hydrogen (secondary N) is 2. The predicted molar refractivity (Wildman–Crippen MR) is 32.2 cm³/mol. The first-order valence-corrected chi connectivity index (χ1v) is 3.17. The average Bonchev–Trinajstić information content (AvgIpc) is 1.64. The molecule has 6 nitrogen and oxygen atoms in total. The van der Waals surface area contributed by atoms with Crippen LogP contribution in [0.3, 0.4) is 0 Å². The summed E-state index contributed by atoms with van der Waals surface area (Å²) in [4.78, 5) is 0. The van der Waals surface area contributed by atoms with E-state index in [0.717, 1.165) is 12.4 Å². The maximum atomic E-state index is 10.2. The van der Waals surface area contributed by atoms with Gasteiger partial charge in [-0.25, -0.2) is 9.44 Å². The van der Waals surface area contributed by atoms with E-state index < -0.39 is 10.2 Å². The summed E-state index contributed by atoms with van der Waals surface area (Å²) in [6, 6.07) is 0. The predicted octanol–water partition coefficient (Wildman–Crippen LogP) is -2.01. The Labute approximate surface area is 70.2 Å². The van der Waals surface area contributed by atoms with Crippen LogP contribution in [0.2, 0.25) is 0 Å². The molecule has 0 amide bonds. The van der Waals surface area contributed by atoms with E-state index in [1.54, 1.807) is 0 Å². The molecule has 1 radical (unpaired) electrons. The van der Waals surface area contributed by atoms with Gasteiger partial charge < -0.3 is 0 Å². The zero-order chi connectivity index (χ0) is 7.33. The van der Waals surface area contributed by atoms with Crippen molar-refractivity contribution in [1.82, 2.24) is 9.44 Å². The van der Waals surface area contributed by atoms with Gasteiger partial charge in [-0.05, 0) is 0 Å². The van der Waals surface area contributed by atoms with Gasteiger partial charge in [0.15, 0.2) is 12.4 Å². The Morgan fingerprint density at radius 1 is 1.10 bits per heavy atom. The fourth-order valence-electron chi connectivity index (χ4n) is 0.146. The van der Waals surface area contributed by atoms with Crippen molar-refractivity contribution in [2.75, 3.05) is 0 Å². The van der Waals surface area contributed by atoms with Crippen LogP contribution < -0.4 is 9.44 Å². The third kappa shape index (κ3) is 5.27. The molecule has 10 heavy (non-hydrogen) atoms. The van der Waals surface area contributed by atoms with Crippen LogP contribution in [0.4, 0.5) is 0 Å². The van der Waals surface area contributed by atoms with E-state index in [9.17, 15) is 8.42 Å². The van der Waals surface area contributed by atoms with Gasteiger partial charge in [0.25, 0.3) is 0 Å². The molecular weight excluding hydrogens is 151 g/mol. The van der Waals surface area contributed by atoms with Gasteiger partial charge in [-0.3, -0.25) is 0 Å². The minimum absolute atomic E-state index is 0. The van der Waals surface area contributed by atoms with E-state index in [1.165, 1.54) is 9.44 Å². The van der Waals surface area contributed by atoms with Gasteiger partial charge in [-0.1, -0.05) is 0 Å². The molecule has 0 bridgehead atoms. The van der Waals surface area contributed by atoms with Crippen molar-refractivity contribution in [3.05, 3.63) is 0 Å². The minimum Gasteiger partial charge on any atom is -0.202 e. The Kier molecular flexibility index (Phi) is 5.88. The summed E-state index contributed by atoms with van der Waals surface area (Å²) in [5.41, 5.74) is 0. The van der Waals surface area contributed by atoms with Crippen LogP contribution in [-0.2, 0) is 10.2 Å². The molecule has 0 aliphatic rings. The summed E-state index contributed by atoms with van der Waals surface area (Å²) in [6.45, 7) is 0. The monoisotopic (exact) mass is 153 g/mol. The topological polar surface area (TPSA) is 106 Å². The Morgan fingerprint density at radius 2 is 1.40 bits per heavy atom. The Balaban J connectivity index is 0. The molecule has 2 N–H and O–H groups in total. The number of rotatable bonds is 2. The van der Waals surface area contributed by atoms with Crippen LogP contribution in [0.15, 0.2) is 0 Å². The van der Waals surface area contributed by atoms with Crippen molar-refractivity contribution in [2.45, 2.75) is 0 Å². The standard InChI is InChI=1S/C2H2N4O2S.Li/c3-1-5-9(7,8)6-2-4;/h5-6H;. The molecule has 0 atom stereocenters. The van der Waals surface area contributed by atoms with Crippen molar-refractivity contribution >= 4 is 29.1 Å². The van der Waals surface area contributed by atoms with Crippen molar-refractivity contribution in [3.8, 4) is 12.4 Å². The summed E-state index contributed by atoms with van der Waals surface area (Å²) in [5, 5.41) is 15.5. The molecule has 0 heterocycles. The molecule has 0 saturated heterocycles. The first kappa shape index (κ1) is 11.9. The van der Waals surface area contributed by atoms with Gasteiger partial charge in [0.05, 0.1) is 0 Å². The van der Waals surface area contributed by atoms with E-state index in [-0.39, 0.29) is 18.9 Å². The minimum atomic E-state index is -3.90. The normalized spacial score (nSPS) is 7.80. The first-order chi connectivity index (χ1) is 4.12. The average molecular weight is 153 g/mol. The van der Waals surface area contributed by atoms with Crippen LogP contribution in [0.25, 0.3) is 0 Å². The van der Waals surface area contributed by atoms with Gasteiger partial charge in [-0.15, -0.1) is 0 Å². The van der Waals surface area contributed by atoms with Crippen LogP contribution in [0.5, 0.6) is 0 Å². The Bertz CT molecular complexity index is 236. The molecule has 0 rings (SSSR count). The van der Waals surface area contributed by atoms with Gasteiger partial charge in [-0.2, -0.15) is 18.9 Å². The summed E-state index contributed by atoms with van der Waals surface area (Å²) in [7, 11) is -3.90. The van der Waals surface area contributed by atoms with Crippen molar-refractivity contribution in [1.29, 1.82) is 10.5 Å². The Morgan fingerprint density at radius 3 is 1.60 bits per heavy atom. The molecule has 8 heteroatoms. The quantitative estimate of drug-likeness (QED) is 0.271. The molecular formula is C2H2LiN4O2S. The Hall–Kier alpha value is -0.873. The molecule has 0 aromatic carbocycles. The molecule has 0 aliphatic heterocycles. The van der Waals surface area contributed by atoms with Crippen LogP contribution in [0, 0.1) is 22.9 Å². The van der Waals surface area contributed by atoms with Crippen molar-refractivity contribution in [3.63, 3.8) is 0 Å². The zero-order valence-corrected chi connectivity index (χ0v) is 5.94. The number of hydrogen-bond acceptors (Lipinski definition) is 4. The molecule has 0 aromatic heterocycles. The summed E-state index contributed by atoms with van der Waals surface area (Å²) < 4.78 is 23.1. The maximum Gasteiger partial charge on any atom is 0.338 e. The second-order valence-electron chi connectivity index (χ2n) is 0.931. The maximum absolute atomic E-state index is 10.2. The second-order valence-corrected chi connectivity index (χ2v) is 2.35. The molecule has 0 unspecified atom stereocenters. The van der Waals surface area contributed by atoms with Gasteiger partial charge >= 0.3 is 10.2 Å². The number of nitriles is 2. The molecule has 0 aliphatic carbocycles. The molecule has 0 saturated carbocycles. The van der Waals surface area contributed by atoms with Crippen molar-refractivity contribution < 1.29 is 8.42 Å². The number of hydrogen-bond donors (Lipinski definition) is 2. The van der Waals surface area contributed by atoms with E-state index in [4.69, 9.17) is 10.5 Å². The largest absolute Gasteiger partial charge is 0.338 e. The summed E-state index contributed by atoms with van der Waals surface area (Å²) in [6.07, 6.45) is 2.28. The summed E-state index contributed by atoms with van der Waals surface area (Å²) >= 11 is 0. The van der Waals surface area contributed by atoms with E-state index in [1.807, 2.05) is 0 Å².